The normalized spacial score (nSPS) is 14.4. The van der Waals surface area contributed by atoms with Gasteiger partial charge in [-0.25, -0.2) is 0 Å². The number of benzene rings is 1. The number of rotatable bonds is 0. The fraction of sp³-hybridized carbons (Fsp3) is 0.357. The number of aryl methyl sites for hydroxylation is 3. The maximum absolute atomic E-state index is 6.30. The van der Waals surface area contributed by atoms with Gasteiger partial charge in [-0.3, -0.25) is 4.98 Å². The number of nitrogens with two attached hydrogens (primary N) is 1. The summed E-state index contributed by atoms with van der Waals surface area (Å²) in [6.45, 7) is 4.22. The van der Waals surface area contributed by atoms with Crippen LogP contribution in [0.1, 0.15) is 28.8 Å². The molecule has 1 aromatic heterocycles. The molecule has 0 fully saturated rings. The molecule has 2 aromatic rings. The van der Waals surface area contributed by atoms with Crippen LogP contribution in [0.4, 0.5) is 5.69 Å². The Kier molecular flexibility index (Phi) is 1.93. The average molecular weight is 212 g/mol. The van der Waals surface area contributed by atoms with Crippen LogP contribution in [-0.4, -0.2) is 4.98 Å². The molecule has 1 heterocycles. The van der Waals surface area contributed by atoms with E-state index in [-0.39, 0.29) is 0 Å². The molecule has 0 unspecified atom stereocenters. The summed E-state index contributed by atoms with van der Waals surface area (Å²) < 4.78 is 0. The van der Waals surface area contributed by atoms with Crippen LogP contribution in [0.15, 0.2) is 12.1 Å². The van der Waals surface area contributed by atoms with Crippen LogP contribution in [0.25, 0.3) is 10.9 Å². The number of fused-ring (bicyclic) bond motifs is 2. The Bertz CT molecular complexity index is 585. The minimum Gasteiger partial charge on any atom is -0.398 e. The highest BCUT2D eigenvalue weighted by Gasteiger charge is 2.19. The molecule has 2 N–H and O–H groups in total. The van der Waals surface area contributed by atoms with Crippen molar-refractivity contribution < 1.29 is 0 Å². The third kappa shape index (κ3) is 1.16. The lowest BCUT2D eigenvalue weighted by atomic mass is 10.0. The van der Waals surface area contributed by atoms with E-state index in [1.807, 2.05) is 0 Å². The molecule has 82 valence electrons. The number of nitrogens with zero attached hydrogens (tertiary/aromatic N) is 1. The molecule has 0 spiro atoms. The topological polar surface area (TPSA) is 38.9 Å². The molecule has 0 amide bonds. The Hall–Kier alpha value is -1.57. The summed E-state index contributed by atoms with van der Waals surface area (Å²) in [5.74, 6) is 0. The van der Waals surface area contributed by atoms with Crippen molar-refractivity contribution in [2.45, 2.75) is 33.1 Å². The van der Waals surface area contributed by atoms with Crippen LogP contribution in [0, 0.1) is 13.8 Å². The quantitative estimate of drug-likeness (QED) is 0.729. The van der Waals surface area contributed by atoms with Crippen LogP contribution < -0.4 is 5.73 Å². The van der Waals surface area contributed by atoms with Gasteiger partial charge in [0.05, 0.1) is 5.52 Å². The van der Waals surface area contributed by atoms with Gasteiger partial charge in [-0.05, 0) is 49.8 Å². The molecule has 0 saturated carbocycles. The Labute approximate surface area is 95.5 Å². The lowest BCUT2D eigenvalue weighted by Gasteiger charge is -2.12. The lowest BCUT2D eigenvalue weighted by molar-refractivity contribution is 0.901. The minimum atomic E-state index is 0.971. The van der Waals surface area contributed by atoms with Gasteiger partial charge in [-0.15, -0.1) is 0 Å². The predicted molar refractivity (Wildman–Crippen MR) is 67.7 cm³/mol. The Morgan fingerprint density at radius 2 is 1.88 bits per heavy atom. The monoisotopic (exact) mass is 212 g/mol. The molecule has 1 aliphatic rings. The van der Waals surface area contributed by atoms with Crippen molar-refractivity contribution in [3.8, 4) is 0 Å². The van der Waals surface area contributed by atoms with E-state index in [4.69, 9.17) is 10.7 Å². The van der Waals surface area contributed by atoms with Gasteiger partial charge in [0.1, 0.15) is 0 Å². The van der Waals surface area contributed by atoms with E-state index >= 15 is 0 Å². The average Bonchev–Trinajstić information content (AvgIpc) is 2.72. The zero-order valence-corrected chi connectivity index (χ0v) is 9.80. The van der Waals surface area contributed by atoms with E-state index in [9.17, 15) is 0 Å². The van der Waals surface area contributed by atoms with E-state index in [0.29, 0.717) is 0 Å². The molecule has 2 nitrogen and oxygen atoms in total. The first kappa shape index (κ1) is 9.64. The molecular weight excluding hydrogens is 196 g/mol. The highest BCUT2D eigenvalue weighted by Crippen LogP contribution is 2.34. The van der Waals surface area contributed by atoms with Crippen molar-refractivity contribution in [2.75, 3.05) is 5.73 Å². The molecule has 0 radical (unpaired) electrons. The molecule has 3 rings (SSSR count). The zero-order chi connectivity index (χ0) is 11.3. The lowest BCUT2D eigenvalue weighted by Crippen LogP contribution is -2.00. The Morgan fingerprint density at radius 3 is 2.69 bits per heavy atom. The van der Waals surface area contributed by atoms with E-state index in [1.165, 1.54) is 34.2 Å². The van der Waals surface area contributed by atoms with Crippen molar-refractivity contribution in [3.05, 3.63) is 34.5 Å². The molecular formula is C14H16N2. The van der Waals surface area contributed by atoms with Crippen LogP contribution in [0.5, 0.6) is 0 Å². The van der Waals surface area contributed by atoms with Crippen molar-refractivity contribution in [2.24, 2.45) is 0 Å². The second-order valence-electron chi connectivity index (χ2n) is 4.73. The fourth-order valence-corrected chi connectivity index (χ4v) is 2.71. The number of nitrogen functional groups attached to an aromatic ring is 1. The van der Waals surface area contributed by atoms with Crippen LogP contribution in [-0.2, 0) is 12.8 Å². The predicted octanol–water partition coefficient (Wildman–Crippen LogP) is 2.92. The van der Waals surface area contributed by atoms with E-state index in [0.717, 1.165) is 24.0 Å². The highest BCUT2D eigenvalue weighted by atomic mass is 14.7. The maximum atomic E-state index is 6.30. The number of pyridine rings is 1. The first-order chi connectivity index (χ1) is 7.68. The summed E-state index contributed by atoms with van der Waals surface area (Å²) in [5, 5.41) is 1.17. The summed E-state index contributed by atoms with van der Waals surface area (Å²) in [5.41, 5.74) is 13.3. The molecule has 0 bridgehead atoms. The maximum Gasteiger partial charge on any atom is 0.0758 e. The molecule has 16 heavy (non-hydrogen) atoms. The largest absolute Gasteiger partial charge is 0.398 e. The van der Waals surface area contributed by atoms with Gasteiger partial charge in [-0.1, -0.05) is 12.1 Å². The number of hydrogen-bond acceptors (Lipinski definition) is 2. The van der Waals surface area contributed by atoms with Gasteiger partial charge in [0.25, 0.3) is 0 Å². The minimum absolute atomic E-state index is 0.971. The smallest absolute Gasteiger partial charge is 0.0758 e. The van der Waals surface area contributed by atoms with Crippen LogP contribution in [0.2, 0.25) is 0 Å². The van der Waals surface area contributed by atoms with Gasteiger partial charge >= 0.3 is 0 Å². The third-order valence-corrected chi connectivity index (χ3v) is 3.62. The van der Waals surface area contributed by atoms with Gasteiger partial charge in [-0.2, -0.15) is 0 Å². The standard InChI is InChI=1S/C14H16N2/c1-8-6-7-9(2)14-12(8)13(15)10-4-3-5-11(10)16-14/h6-7H,3-5H2,1-2H3,(H2,15,16). The molecule has 1 aromatic carbocycles. The van der Waals surface area contributed by atoms with Gasteiger partial charge in [0, 0.05) is 16.8 Å². The summed E-state index contributed by atoms with van der Waals surface area (Å²) in [7, 11) is 0. The van der Waals surface area contributed by atoms with E-state index in [1.54, 1.807) is 0 Å². The summed E-state index contributed by atoms with van der Waals surface area (Å²) in [4.78, 5) is 4.80. The fourth-order valence-electron chi connectivity index (χ4n) is 2.71. The number of hydrogen-bond donors (Lipinski definition) is 1. The molecule has 2 heteroatoms. The van der Waals surface area contributed by atoms with Gasteiger partial charge < -0.3 is 5.73 Å². The van der Waals surface area contributed by atoms with Gasteiger partial charge in [0.2, 0.25) is 0 Å². The first-order valence-electron chi connectivity index (χ1n) is 5.85. The van der Waals surface area contributed by atoms with E-state index in [2.05, 4.69) is 26.0 Å². The first-order valence-corrected chi connectivity index (χ1v) is 5.85. The Morgan fingerprint density at radius 1 is 1.12 bits per heavy atom. The molecule has 0 saturated heterocycles. The summed E-state index contributed by atoms with van der Waals surface area (Å²) in [6.07, 6.45) is 3.38. The summed E-state index contributed by atoms with van der Waals surface area (Å²) >= 11 is 0. The van der Waals surface area contributed by atoms with Crippen molar-refractivity contribution in [3.63, 3.8) is 0 Å². The number of anilines is 1. The van der Waals surface area contributed by atoms with Crippen molar-refractivity contribution in [1.82, 2.24) is 4.98 Å². The van der Waals surface area contributed by atoms with Crippen LogP contribution in [0.3, 0.4) is 0 Å². The second-order valence-corrected chi connectivity index (χ2v) is 4.73. The van der Waals surface area contributed by atoms with Crippen molar-refractivity contribution in [1.29, 1.82) is 0 Å². The summed E-state index contributed by atoms with van der Waals surface area (Å²) in [6, 6.07) is 4.27. The second kappa shape index (κ2) is 3.21. The molecule has 0 atom stereocenters. The van der Waals surface area contributed by atoms with Crippen molar-refractivity contribution >= 4 is 16.6 Å². The van der Waals surface area contributed by atoms with Gasteiger partial charge in [0.15, 0.2) is 0 Å². The molecule has 1 aliphatic carbocycles. The SMILES string of the molecule is Cc1ccc(C)c2c(N)c3c(nc12)CCC3. The van der Waals surface area contributed by atoms with Crippen LogP contribution >= 0.6 is 0 Å². The highest BCUT2D eigenvalue weighted by molar-refractivity contribution is 5.96. The zero-order valence-electron chi connectivity index (χ0n) is 9.80. The number of aromatic nitrogens is 1. The third-order valence-electron chi connectivity index (χ3n) is 3.62. The van der Waals surface area contributed by atoms with E-state index < -0.39 is 0 Å². The molecule has 0 aliphatic heterocycles. The Balaban J connectivity index is 2.50.